The Bertz CT molecular complexity index is 948. The van der Waals surface area contributed by atoms with Gasteiger partial charge in [0.25, 0.3) is 0 Å². The van der Waals surface area contributed by atoms with Crippen LogP contribution in [0.4, 0.5) is 0 Å². The molecule has 0 unspecified atom stereocenters. The summed E-state index contributed by atoms with van der Waals surface area (Å²) in [5, 5.41) is 9.48. The van der Waals surface area contributed by atoms with Crippen LogP contribution in [0.5, 0.6) is 0 Å². The average molecular weight is 358 g/mol. The fraction of sp³-hybridized carbons (Fsp3) is 0.292. The maximum absolute atomic E-state index is 4.76. The molecule has 0 spiro atoms. The van der Waals surface area contributed by atoms with Crippen LogP contribution in [0.3, 0.4) is 0 Å². The van der Waals surface area contributed by atoms with Gasteiger partial charge in [0.15, 0.2) is 0 Å². The number of hydrogen-bond donors (Lipinski definition) is 0. The molecule has 0 radical (unpaired) electrons. The van der Waals surface area contributed by atoms with Gasteiger partial charge in [-0.05, 0) is 35.7 Å². The summed E-state index contributed by atoms with van der Waals surface area (Å²) in [6, 6.07) is 21.6. The van der Waals surface area contributed by atoms with Gasteiger partial charge in [-0.15, -0.1) is 0 Å². The number of nitrogens with zero attached hydrogens (tertiary/aromatic N) is 3. The van der Waals surface area contributed by atoms with E-state index in [4.69, 9.17) is 5.10 Å². The molecule has 1 fully saturated rings. The molecule has 138 valence electrons. The molecule has 1 aliphatic heterocycles. The first-order chi connectivity index (χ1) is 13.2. The number of rotatable bonds is 4. The van der Waals surface area contributed by atoms with Gasteiger partial charge < -0.3 is 0 Å². The van der Waals surface area contributed by atoms with Crippen molar-refractivity contribution in [3.8, 4) is 0 Å². The molecule has 27 heavy (non-hydrogen) atoms. The second-order valence-electron chi connectivity index (χ2n) is 7.47. The van der Waals surface area contributed by atoms with Gasteiger partial charge in [-0.3, -0.25) is 9.91 Å². The van der Waals surface area contributed by atoms with E-state index < -0.39 is 0 Å². The summed E-state index contributed by atoms with van der Waals surface area (Å²) >= 11 is 0. The Balaban J connectivity index is 1.37. The van der Waals surface area contributed by atoms with Gasteiger partial charge in [0, 0.05) is 38.3 Å². The normalized spacial score (nSPS) is 15.7. The molecule has 1 heterocycles. The molecule has 3 nitrogen and oxygen atoms in total. The zero-order valence-electron chi connectivity index (χ0n) is 16.2. The molecule has 0 saturated carbocycles. The molecule has 3 aromatic carbocycles. The Morgan fingerprint density at radius 2 is 1.67 bits per heavy atom. The first-order valence-electron chi connectivity index (χ1n) is 9.74. The summed E-state index contributed by atoms with van der Waals surface area (Å²) in [7, 11) is 0. The van der Waals surface area contributed by atoms with E-state index in [0.29, 0.717) is 0 Å². The maximum atomic E-state index is 4.76. The lowest BCUT2D eigenvalue weighted by molar-refractivity contribution is 0.131. The monoisotopic (exact) mass is 357 g/mol. The zero-order chi connectivity index (χ0) is 18.6. The lowest BCUT2D eigenvalue weighted by atomic mass is 10.1. The molecule has 3 aromatic rings. The van der Waals surface area contributed by atoms with Crippen LogP contribution in [0, 0.1) is 13.8 Å². The topological polar surface area (TPSA) is 18.8 Å². The molecule has 0 aromatic heterocycles. The molecule has 0 amide bonds. The lowest BCUT2D eigenvalue weighted by Crippen LogP contribution is -2.43. The third-order valence-electron chi connectivity index (χ3n) is 5.42. The van der Waals surface area contributed by atoms with E-state index in [1.807, 2.05) is 6.21 Å². The third kappa shape index (κ3) is 4.20. The van der Waals surface area contributed by atoms with Crippen LogP contribution in [0.25, 0.3) is 10.8 Å². The van der Waals surface area contributed by atoms with Gasteiger partial charge in [-0.2, -0.15) is 5.10 Å². The standard InChI is InChI=1S/C24H27N3/c1-19-10-11-23(20(2)16-19)18-26-12-14-27(15-13-26)25-17-22-8-5-7-21-6-3-4-9-24(21)22/h3-11,16-17H,12-15,18H2,1-2H3/b25-17+. The fourth-order valence-corrected chi connectivity index (χ4v) is 3.78. The smallest absolute Gasteiger partial charge is 0.0549 e. The predicted octanol–water partition coefficient (Wildman–Crippen LogP) is 4.61. The van der Waals surface area contributed by atoms with E-state index in [9.17, 15) is 0 Å². The van der Waals surface area contributed by atoms with Crippen LogP contribution in [0.2, 0.25) is 0 Å². The van der Waals surface area contributed by atoms with Crippen molar-refractivity contribution in [3.05, 3.63) is 82.9 Å². The zero-order valence-corrected chi connectivity index (χ0v) is 16.2. The molecule has 0 atom stereocenters. The highest BCUT2D eigenvalue weighted by atomic mass is 15.5. The minimum atomic E-state index is 0.978. The highest BCUT2D eigenvalue weighted by Crippen LogP contribution is 2.18. The molecule has 3 heteroatoms. The lowest BCUT2D eigenvalue weighted by Gasteiger charge is -2.33. The van der Waals surface area contributed by atoms with Crippen LogP contribution in [-0.4, -0.2) is 42.3 Å². The maximum Gasteiger partial charge on any atom is 0.0549 e. The molecule has 0 aliphatic carbocycles. The largest absolute Gasteiger partial charge is 0.295 e. The molecule has 0 N–H and O–H groups in total. The van der Waals surface area contributed by atoms with E-state index in [1.54, 1.807) is 0 Å². The van der Waals surface area contributed by atoms with Crippen LogP contribution in [0.1, 0.15) is 22.3 Å². The molecule has 4 rings (SSSR count). The van der Waals surface area contributed by atoms with Gasteiger partial charge in [0.05, 0.1) is 6.21 Å². The highest BCUT2D eigenvalue weighted by molar-refractivity contribution is 5.99. The summed E-state index contributed by atoms with van der Waals surface area (Å²) in [4.78, 5) is 2.53. The summed E-state index contributed by atoms with van der Waals surface area (Å²) in [5.41, 5.74) is 5.36. The number of fused-ring (bicyclic) bond motifs is 1. The quantitative estimate of drug-likeness (QED) is 0.635. The molecule has 1 aliphatic rings. The third-order valence-corrected chi connectivity index (χ3v) is 5.42. The Morgan fingerprint density at radius 3 is 2.48 bits per heavy atom. The SMILES string of the molecule is Cc1ccc(CN2CCN(/N=C/c3cccc4ccccc34)CC2)c(C)c1. The van der Waals surface area contributed by atoms with E-state index in [2.05, 4.69) is 84.4 Å². The minimum Gasteiger partial charge on any atom is -0.295 e. The van der Waals surface area contributed by atoms with Crippen molar-refractivity contribution in [2.24, 2.45) is 5.10 Å². The van der Waals surface area contributed by atoms with Gasteiger partial charge in [0.1, 0.15) is 0 Å². The van der Waals surface area contributed by atoms with Crippen LogP contribution >= 0.6 is 0 Å². The van der Waals surface area contributed by atoms with E-state index >= 15 is 0 Å². The summed E-state index contributed by atoms with van der Waals surface area (Å²) in [6.45, 7) is 9.47. The Labute approximate surface area is 161 Å². The molecule has 1 saturated heterocycles. The van der Waals surface area contributed by atoms with Gasteiger partial charge in [0.2, 0.25) is 0 Å². The summed E-state index contributed by atoms with van der Waals surface area (Å²) in [6.07, 6.45) is 2.02. The molecule has 0 bridgehead atoms. The van der Waals surface area contributed by atoms with Gasteiger partial charge in [-0.1, -0.05) is 66.2 Å². The van der Waals surface area contributed by atoms with Crippen LogP contribution in [-0.2, 0) is 6.54 Å². The minimum absolute atomic E-state index is 0.978. The average Bonchev–Trinajstić information content (AvgIpc) is 2.69. The van der Waals surface area contributed by atoms with Gasteiger partial charge in [-0.25, -0.2) is 0 Å². The fourth-order valence-electron chi connectivity index (χ4n) is 3.78. The van der Waals surface area contributed by atoms with Crippen molar-refractivity contribution in [2.75, 3.05) is 26.2 Å². The predicted molar refractivity (Wildman–Crippen MR) is 114 cm³/mol. The second-order valence-corrected chi connectivity index (χ2v) is 7.47. The van der Waals surface area contributed by atoms with Crippen LogP contribution < -0.4 is 0 Å². The number of hydrogen-bond acceptors (Lipinski definition) is 3. The first kappa shape index (κ1) is 17.7. The van der Waals surface area contributed by atoms with Crippen molar-refractivity contribution in [1.82, 2.24) is 9.91 Å². The van der Waals surface area contributed by atoms with Crippen molar-refractivity contribution in [3.63, 3.8) is 0 Å². The van der Waals surface area contributed by atoms with Gasteiger partial charge >= 0.3 is 0 Å². The van der Waals surface area contributed by atoms with Crippen LogP contribution in [0.15, 0.2) is 65.8 Å². The number of benzene rings is 3. The number of piperazine rings is 1. The van der Waals surface area contributed by atoms with Crippen molar-refractivity contribution in [1.29, 1.82) is 0 Å². The number of hydrazone groups is 1. The Kier molecular flexibility index (Phi) is 5.21. The summed E-state index contributed by atoms with van der Waals surface area (Å²) < 4.78 is 0. The molecular formula is C24H27N3. The Morgan fingerprint density at radius 1 is 0.889 bits per heavy atom. The Hall–Kier alpha value is -2.65. The van der Waals surface area contributed by atoms with E-state index in [1.165, 1.54) is 33.0 Å². The van der Waals surface area contributed by atoms with Crippen molar-refractivity contribution >= 4 is 17.0 Å². The van der Waals surface area contributed by atoms with E-state index in [-0.39, 0.29) is 0 Å². The highest BCUT2D eigenvalue weighted by Gasteiger charge is 2.16. The molecular weight excluding hydrogens is 330 g/mol. The second kappa shape index (κ2) is 7.93. The number of aryl methyl sites for hydroxylation is 2. The summed E-state index contributed by atoms with van der Waals surface area (Å²) in [5.74, 6) is 0. The van der Waals surface area contributed by atoms with Crippen molar-refractivity contribution in [2.45, 2.75) is 20.4 Å². The van der Waals surface area contributed by atoms with Crippen molar-refractivity contribution < 1.29 is 0 Å². The first-order valence-corrected chi connectivity index (χ1v) is 9.74. The van der Waals surface area contributed by atoms with E-state index in [0.717, 1.165) is 32.7 Å².